The van der Waals surface area contributed by atoms with Crippen LogP contribution in [-0.4, -0.2) is 60.9 Å². The van der Waals surface area contributed by atoms with Gasteiger partial charge in [0, 0.05) is 45.1 Å². The highest BCUT2D eigenvalue weighted by Gasteiger charge is 2.22. The minimum Gasteiger partial charge on any atom is -0.497 e. The monoisotopic (exact) mass is 347 g/mol. The van der Waals surface area contributed by atoms with Crippen molar-refractivity contribution in [2.75, 3.05) is 33.3 Å². The van der Waals surface area contributed by atoms with E-state index in [4.69, 9.17) is 10.5 Å². The van der Waals surface area contributed by atoms with E-state index in [0.29, 0.717) is 45.4 Å². The number of amides is 2. The number of carbonyl (C=O) groups excluding carboxylic acids is 2. The molecule has 1 saturated heterocycles. The van der Waals surface area contributed by atoms with Crippen LogP contribution in [0.15, 0.2) is 24.3 Å². The molecule has 2 rings (SSSR count). The Morgan fingerprint density at radius 2 is 1.68 bits per heavy atom. The van der Waals surface area contributed by atoms with E-state index in [2.05, 4.69) is 0 Å². The molecule has 0 bridgehead atoms. The fourth-order valence-electron chi connectivity index (χ4n) is 3.02. The molecule has 1 atom stereocenters. The van der Waals surface area contributed by atoms with Crippen molar-refractivity contribution < 1.29 is 14.3 Å². The first-order chi connectivity index (χ1) is 12.0. The van der Waals surface area contributed by atoms with Gasteiger partial charge in [-0.1, -0.05) is 12.1 Å². The Bertz CT molecular complexity index is 572. The lowest BCUT2D eigenvalue weighted by molar-refractivity contribution is -0.133. The number of nitrogens with two attached hydrogens (primary N) is 1. The first kappa shape index (κ1) is 19.2. The summed E-state index contributed by atoms with van der Waals surface area (Å²) in [5.41, 5.74) is 6.83. The predicted octanol–water partition coefficient (Wildman–Crippen LogP) is 1.43. The average Bonchev–Trinajstić information content (AvgIpc) is 2.86. The molecule has 0 saturated carbocycles. The number of aryl methyl sites for hydroxylation is 1. The summed E-state index contributed by atoms with van der Waals surface area (Å²) in [7, 11) is 1.64. The van der Waals surface area contributed by atoms with Gasteiger partial charge in [-0.3, -0.25) is 9.59 Å². The van der Waals surface area contributed by atoms with Gasteiger partial charge in [-0.15, -0.1) is 0 Å². The number of hydrogen-bond donors (Lipinski definition) is 1. The molecule has 2 amide bonds. The van der Waals surface area contributed by atoms with Crippen molar-refractivity contribution in [2.45, 2.75) is 38.6 Å². The third-order valence-electron chi connectivity index (χ3n) is 4.48. The normalized spacial score (nSPS) is 16.3. The quantitative estimate of drug-likeness (QED) is 0.844. The molecule has 1 heterocycles. The predicted molar refractivity (Wildman–Crippen MR) is 97.4 cm³/mol. The van der Waals surface area contributed by atoms with Crippen LogP contribution >= 0.6 is 0 Å². The summed E-state index contributed by atoms with van der Waals surface area (Å²) in [6.45, 7) is 4.45. The standard InChI is InChI=1S/C19H29N3O3/c1-15(20)14-19(24)22-11-3-10-21(12-13-22)18(23)9-6-16-4-7-17(25-2)8-5-16/h4-5,7-8,15H,3,6,9-14,20H2,1-2H3. The summed E-state index contributed by atoms with van der Waals surface area (Å²) in [6.07, 6.45) is 2.39. The van der Waals surface area contributed by atoms with E-state index < -0.39 is 0 Å². The van der Waals surface area contributed by atoms with E-state index in [1.54, 1.807) is 7.11 Å². The molecule has 1 unspecified atom stereocenters. The Labute approximate surface area is 149 Å². The molecular formula is C19H29N3O3. The molecule has 0 spiro atoms. The highest BCUT2D eigenvalue weighted by Crippen LogP contribution is 2.14. The summed E-state index contributed by atoms with van der Waals surface area (Å²) >= 11 is 0. The van der Waals surface area contributed by atoms with Crippen LogP contribution in [0.1, 0.15) is 31.7 Å². The molecule has 0 aromatic heterocycles. The average molecular weight is 347 g/mol. The molecule has 1 aliphatic rings. The zero-order chi connectivity index (χ0) is 18.2. The Balaban J connectivity index is 1.80. The van der Waals surface area contributed by atoms with Crippen LogP contribution in [0.3, 0.4) is 0 Å². The Hall–Kier alpha value is -2.08. The second-order valence-corrected chi connectivity index (χ2v) is 6.64. The van der Waals surface area contributed by atoms with E-state index in [0.717, 1.165) is 17.7 Å². The van der Waals surface area contributed by atoms with Crippen LogP contribution in [0, 0.1) is 0 Å². The van der Waals surface area contributed by atoms with Crippen molar-refractivity contribution in [3.05, 3.63) is 29.8 Å². The molecule has 2 N–H and O–H groups in total. The number of benzene rings is 1. The number of nitrogens with zero attached hydrogens (tertiary/aromatic N) is 2. The van der Waals surface area contributed by atoms with Crippen LogP contribution in [-0.2, 0) is 16.0 Å². The lowest BCUT2D eigenvalue weighted by Crippen LogP contribution is -2.39. The van der Waals surface area contributed by atoms with Crippen molar-refractivity contribution in [1.82, 2.24) is 9.80 Å². The van der Waals surface area contributed by atoms with Crippen LogP contribution in [0.4, 0.5) is 0 Å². The summed E-state index contributed by atoms with van der Waals surface area (Å²) in [6, 6.07) is 7.67. The number of rotatable bonds is 6. The Morgan fingerprint density at radius 3 is 2.24 bits per heavy atom. The zero-order valence-corrected chi connectivity index (χ0v) is 15.2. The minimum atomic E-state index is -0.127. The van der Waals surface area contributed by atoms with Crippen molar-refractivity contribution >= 4 is 11.8 Å². The minimum absolute atomic E-state index is 0.0857. The van der Waals surface area contributed by atoms with Gasteiger partial charge in [0.25, 0.3) is 0 Å². The van der Waals surface area contributed by atoms with Gasteiger partial charge in [0.15, 0.2) is 0 Å². The second-order valence-electron chi connectivity index (χ2n) is 6.64. The fraction of sp³-hybridized carbons (Fsp3) is 0.579. The lowest BCUT2D eigenvalue weighted by atomic mass is 10.1. The molecule has 1 aromatic rings. The first-order valence-corrected chi connectivity index (χ1v) is 8.93. The SMILES string of the molecule is COc1ccc(CCC(=O)N2CCCN(C(=O)CC(C)N)CC2)cc1. The van der Waals surface area contributed by atoms with Gasteiger partial charge in [0.1, 0.15) is 5.75 Å². The maximum absolute atomic E-state index is 12.5. The van der Waals surface area contributed by atoms with Gasteiger partial charge < -0.3 is 20.3 Å². The number of methoxy groups -OCH3 is 1. The summed E-state index contributed by atoms with van der Waals surface area (Å²) < 4.78 is 5.14. The highest BCUT2D eigenvalue weighted by atomic mass is 16.5. The van der Waals surface area contributed by atoms with E-state index in [-0.39, 0.29) is 17.9 Å². The lowest BCUT2D eigenvalue weighted by Gasteiger charge is -2.23. The summed E-state index contributed by atoms with van der Waals surface area (Å²) in [4.78, 5) is 28.3. The van der Waals surface area contributed by atoms with Crippen molar-refractivity contribution in [1.29, 1.82) is 0 Å². The van der Waals surface area contributed by atoms with Gasteiger partial charge in [-0.25, -0.2) is 0 Å². The maximum atomic E-state index is 12.5. The van der Waals surface area contributed by atoms with Crippen molar-refractivity contribution in [3.8, 4) is 5.75 Å². The Kier molecular flexibility index (Phi) is 7.25. The fourth-order valence-corrected chi connectivity index (χ4v) is 3.02. The smallest absolute Gasteiger partial charge is 0.224 e. The Morgan fingerprint density at radius 1 is 1.08 bits per heavy atom. The van der Waals surface area contributed by atoms with Gasteiger partial charge in [0.2, 0.25) is 11.8 Å². The highest BCUT2D eigenvalue weighted by molar-refractivity contribution is 5.78. The van der Waals surface area contributed by atoms with Crippen LogP contribution in [0.2, 0.25) is 0 Å². The summed E-state index contributed by atoms with van der Waals surface area (Å²) in [5, 5.41) is 0. The van der Waals surface area contributed by atoms with Gasteiger partial charge in [-0.2, -0.15) is 0 Å². The molecule has 138 valence electrons. The molecule has 6 heteroatoms. The van der Waals surface area contributed by atoms with Crippen molar-refractivity contribution in [3.63, 3.8) is 0 Å². The first-order valence-electron chi connectivity index (χ1n) is 8.93. The van der Waals surface area contributed by atoms with E-state index >= 15 is 0 Å². The van der Waals surface area contributed by atoms with E-state index in [1.165, 1.54) is 0 Å². The molecule has 25 heavy (non-hydrogen) atoms. The topological polar surface area (TPSA) is 75.9 Å². The molecule has 1 aromatic carbocycles. The van der Waals surface area contributed by atoms with Crippen LogP contribution in [0.25, 0.3) is 0 Å². The van der Waals surface area contributed by atoms with Gasteiger partial charge >= 0.3 is 0 Å². The zero-order valence-electron chi connectivity index (χ0n) is 15.2. The molecular weight excluding hydrogens is 318 g/mol. The molecule has 6 nitrogen and oxygen atoms in total. The molecule has 1 aliphatic heterocycles. The van der Waals surface area contributed by atoms with E-state index in [1.807, 2.05) is 41.0 Å². The molecule has 1 fully saturated rings. The number of ether oxygens (including phenoxy) is 1. The van der Waals surface area contributed by atoms with Crippen molar-refractivity contribution in [2.24, 2.45) is 5.73 Å². The maximum Gasteiger partial charge on any atom is 0.224 e. The third kappa shape index (κ3) is 6.05. The van der Waals surface area contributed by atoms with E-state index in [9.17, 15) is 9.59 Å². The third-order valence-corrected chi connectivity index (χ3v) is 4.48. The van der Waals surface area contributed by atoms with Crippen LogP contribution < -0.4 is 10.5 Å². The van der Waals surface area contributed by atoms with Crippen LogP contribution in [0.5, 0.6) is 5.75 Å². The molecule has 0 aliphatic carbocycles. The second kappa shape index (κ2) is 9.42. The van der Waals surface area contributed by atoms with Gasteiger partial charge in [-0.05, 0) is 37.5 Å². The summed E-state index contributed by atoms with van der Waals surface area (Å²) in [5.74, 6) is 1.05. The number of hydrogen-bond acceptors (Lipinski definition) is 4. The number of carbonyl (C=O) groups is 2. The largest absolute Gasteiger partial charge is 0.497 e. The van der Waals surface area contributed by atoms with Gasteiger partial charge in [0.05, 0.1) is 7.11 Å². The molecule has 0 radical (unpaired) electrons.